The molecule has 188 valence electrons. The number of hydrogen-bond acceptors (Lipinski definition) is 6. The van der Waals surface area contributed by atoms with Gasteiger partial charge in [-0.3, -0.25) is 14.5 Å². The number of amides is 2. The van der Waals surface area contributed by atoms with E-state index in [1.807, 2.05) is 30.3 Å². The van der Waals surface area contributed by atoms with Gasteiger partial charge in [0, 0.05) is 12.4 Å². The van der Waals surface area contributed by atoms with Crippen molar-refractivity contribution in [2.75, 3.05) is 13.7 Å². The highest BCUT2D eigenvalue weighted by Gasteiger charge is 2.56. The molecule has 0 spiro atoms. The van der Waals surface area contributed by atoms with Crippen LogP contribution in [0.3, 0.4) is 0 Å². The Morgan fingerprint density at radius 2 is 1.89 bits per heavy atom. The summed E-state index contributed by atoms with van der Waals surface area (Å²) >= 11 is 0. The number of benzene rings is 2. The number of aliphatic hydroxyl groups excluding tert-OH is 1. The zero-order valence-electron chi connectivity index (χ0n) is 20.7. The first-order valence-electron chi connectivity index (χ1n) is 12.7. The molecular weight excluding hydrogens is 457 g/mol. The second kappa shape index (κ2) is 9.84. The van der Waals surface area contributed by atoms with Gasteiger partial charge >= 0.3 is 7.12 Å². The van der Waals surface area contributed by atoms with E-state index in [0.29, 0.717) is 19.3 Å². The van der Waals surface area contributed by atoms with Crippen LogP contribution >= 0.6 is 0 Å². The Bertz CT molecular complexity index is 1270. The molecular formula is C28H32BNO6. The standard InChI is InChI=1S/C28H32BNO6/c1-3-16(12-17-9-10-23(32)20-7-5-4-6-19(17)20)8-11-24-25-18(15-31)13-21-26(22(25)14-29(35)36-24)28(34)30(2)27(21)33/h4-7,9-10,12,21-22,24,26,31-32,35H,3,8,11,13-15H2,1-2H3/b16-12+/t21-,22+,24-,26-/m1/s1. The molecule has 0 unspecified atom stereocenters. The van der Waals surface area contributed by atoms with Gasteiger partial charge in [0.25, 0.3) is 0 Å². The highest BCUT2D eigenvalue weighted by atomic mass is 16.5. The van der Waals surface area contributed by atoms with Crippen LogP contribution in [-0.4, -0.2) is 58.8 Å². The van der Waals surface area contributed by atoms with E-state index >= 15 is 0 Å². The van der Waals surface area contributed by atoms with Crippen LogP contribution in [0, 0.1) is 17.8 Å². The van der Waals surface area contributed by atoms with Crippen LogP contribution in [0.5, 0.6) is 5.75 Å². The van der Waals surface area contributed by atoms with Crippen LogP contribution in [-0.2, 0) is 14.2 Å². The highest BCUT2D eigenvalue weighted by Crippen LogP contribution is 2.50. The van der Waals surface area contributed by atoms with Crippen molar-refractivity contribution in [3.05, 3.63) is 58.7 Å². The molecule has 2 aromatic carbocycles. The summed E-state index contributed by atoms with van der Waals surface area (Å²) in [5.74, 6) is -1.44. The minimum Gasteiger partial charge on any atom is -0.507 e. The minimum absolute atomic E-state index is 0.188. The maximum Gasteiger partial charge on any atom is 0.455 e. The zero-order chi connectivity index (χ0) is 25.6. The maximum absolute atomic E-state index is 12.9. The number of carbonyl (C=O) groups excluding carboxylic acids is 2. The van der Waals surface area contributed by atoms with Gasteiger partial charge in [-0.15, -0.1) is 0 Å². The Morgan fingerprint density at radius 3 is 2.61 bits per heavy atom. The molecule has 2 fully saturated rings. The van der Waals surface area contributed by atoms with Gasteiger partial charge < -0.3 is 19.9 Å². The molecule has 3 N–H and O–H groups in total. The van der Waals surface area contributed by atoms with Gasteiger partial charge in [-0.2, -0.15) is 0 Å². The summed E-state index contributed by atoms with van der Waals surface area (Å²) in [7, 11) is 0.492. The molecule has 0 radical (unpaired) electrons. The van der Waals surface area contributed by atoms with E-state index in [1.54, 1.807) is 6.07 Å². The van der Waals surface area contributed by atoms with Gasteiger partial charge in [0.1, 0.15) is 5.75 Å². The number of imide groups is 1. The summed E-state index contributed by atoms with van der Waals surface area (Å²) in [5.41, 5.74) is 3.88. The minimum atomic E-state index is -1.02. The Labute approximate surface area is 211 Å². The topological polar surface area (TPSA) is 107 Å². The molecule has 1 aliphatic carbocycles. The van der Waals surface area contributed by atoms with Crippen molar-refractivity contribution in [2.24, 2.45) is 17.8 Å². The molecule has 2 aromatic rings. The van der Waals surface area contributed by atoms with E-state index in [0.717, 1.165) is 33.9 Å². The van der Waals surface area contributed by atoms with E-state index in [9.17, 15) is 24.8 Å². The lowest BCUT2D eigenvalue weighted by atomic mass is 9.58. The Morgan fingerprint density at radius 1 is 1.14 bits per heavy atom. The van der Waals surface area contributed by atoms with Gasteiger partial charge in [-0.05, 0) is 66.1 Å². The summed E-state index contributed by atoms with van der Waals surface area (Å²) in [6.45, 7) is 1.91. The van der Waals surface area contributed by atoms with Gasteiger partial charge in [0.05, 0.1) is 24.5 Å². The third kappa shape index (κ3) is 4.17. The number of phenols is 1. The number of aromatic hydroxyl groups is 1. The van der Waals surface area contributed by atoms with Crippen LogP contribution in [0.2, 0.25) is 6.32 Å². The SMILES string of the molecule is CC/C(=C\c1ccc(O)c2ccccc12)CC[C@H]1OB(O)C[C@H]2C1=C(CO)C[C@H]1C(=O)N(C)C(=O)[C@H]12. The fraction of sp³-hybridized carbons (Fsp3) is 0.429. The fourth-order valence-corrected chi connectivity index (χ4v) is 6.39. The van der Waals surface area contributed by atoms with Crippen molar-refractivity contribution in [1.29, 1.82) is 0 Å². The number of phenolic OH excluding ortho intramolecular Hbond substituents is 1. The molecule has 7 nitrogen and oxygen atoms in total. The molecule has 8 heteroatoms. The largest absolute Gasteiger partial charge is 0.507 e. The van der Waals surface area contributed by atoms with E-state index in [1.165, 1.54) is 17.5 Å². The fourth-order valence-electron chi connectivity index (χ4n) is 6.39. The quantitative estimate of drug-likeness (QED) is 0.326. The monoisotopic (exact) mass is 489 g/mol. The lowest BCUT2D eigenvalue weighted by molar-refractivity contribution is -0.138. The zero-order valence-corrected chi connectivity index (χ0v) is 20.7. The first-order chi connectivity index (χ1) is 17.3. The number of aliphatic hydroxyl groups is 1. The number of likely N-dealkylation sites (tertiary alicyclic amines) is 1. The maximum atomic E-state index is 12.9. The molecule has 0 aromatic heterocycles. The Hall–Kier alpha value is -2.94. The molecule has 2 amide bonds. The van der Waals surface area contributed by atoms with Crippen LogP contribution in [0.15, 0.2) is 53.1 Å². The van der Waals surface area contributed by atoms with E-state index < -0.39 is 25.1 Å². The molecule has 4 atom stereocenters. The van der Waals surface area contributed by atoms with Gasteiger partial charge in [-0.25, -0.2) is 0 Å². The molecule has 2 saturated heterocycles. The molecule has 3 aliphatic rings. The molecule has 5 rings (SSSR count). The lowest BCUT2D eigenvalue weighted by Gasteiger charge is -2.43. The smallest absolute Gasteiger partial charge is 0.455 e. The van der Waals surface area contributed by atoms with Crippen molar-refractivity contribution >= 4 is 35.8 Å². The first kappa shape index (κ1) is 24.7. The number of fused-ring (bicyclic) bond motifs is 4. The predicted molar refractivity (Wildman–Crippen MR) is 138 cm³/mol. The second-order valence-electron chi connectivity index (χ2n) is 10.1. The third-order valence-corrected chi connectivity index (χ3v) is 8.20. The lowest BCUT2D eigenvalue weighted by Crippen LogP contribution is -2.46. The number of hydrogen-bond donors (Lipinski definition) is 3. The average Bonchev–Trinajstić information content (AvgIpc) is 3.10. The Kier molecular flexibility index (Phi) is 6.77. The number of allylic oxidation sites excluding steroid dienone is 1. The normalized spacial score (nSPS) is 26.6. The van der Waals surface area contributed by atoms with E-state index in [-0.39, 0.29) is 36.4 Å². The van der Waals surface area contributed by atoms with Crippen molar-refractivity contribution in [3.8, 4) is 5.75 Å². The summed E-state index contributed by atoms with van der Waals surface area (Å²) in [4.78, 5) is 26.8. The van der Waals surface area contributed by atoms with E-state index in [4.69, 9.17) is 4.65 Å². The van der Waals surface area contributed by atoms with E-state index in [2.05, 4.69) is 13.0 Å². The first-order valence-corrected chi connectivity index (χ1v) is 12.7. The van der Waals surface area contributed by atoms with Gasteiger partial charge in [-0.1, -0.05) is 48.9 Å². The van der Waals surface area contributed by atoms with Gasteiger partial charge in [0.2, 0.25) is 11.8 Å². The van der Waals surface area contributed by atoms with Crippen molar-refractivity contribution in [2.45, 2.75) is 45.0 Å². The molecule has 0 bridgehead atoms. The molecule has 2 heterocycles. The van der Waals surface area contributed by atoms with Crippen molar-refractivity contribution < 1.29 is 29.5 Å². The summed E-state index contributed by atoms with van der Waals surface area (Å²) in [6, 6.07) is 11.4. The average molecular weight is 489 g/mol. The van der Waals surface area contributed by atoms with Crippen LogP contribution < -0.4 is 0 Å². The number of carbonyl (C=O) groups is 2. The summed E-state index contributed by atoms with van der Waals surface area (Å²) in [5, 5.41) is 32.7. The number of nitrogens with zero attached hydrogens (tertiary/aromatic N) is 1. The van der Waals surface area contributed by atoms with Crippen molar-refractivity contribution in [3.63, 3.8) is 0 Å². The van der Waals surface area contributed by atoms with Crippen LogP contribution in [0.1, 0.15) is 38.2 Å². The third-order valence-electron chi connectivity index (χ3n) is 8.20. The Balaban J connectivity index is 1.43. The summed E-state index contributed by atoms with van der Waals surface area (Å²) < 4.78 is 5.97. The second-order valence-corrected chi connectivity index (χ2v) is 10.1. The molecule has 36 heavy (non-hydrogen) atoms. The predicted octanol–water partition coefficient (Wildman–Crippen LogP) is 3.54. The molecule has 0 saturated carbocycles. The van der Waals surface area contributed by atoms with Crippen LogP contribution in [0.4, 0.5) is 0 Å². The van der Waals surface area contributed by atoms with Gasteiger partial charge in [0.15, 0.2) is 0 Å². The summed E-state index contributed by atoms with van der Waals surface area (Å²) in [6.07, 6.45) is 4.44. The number of rotatable bonds is 6. The molecule has 2 aliphatic heterocycles. The van der Waals surface area contributed by atoms with Crippen molar-refractivity contribution in [1.82, 2.24) is 4.90 Å². The van der Waals surface area contributed by atoms with Crippen LogP contribution in [0.25, 0.3) is 16.8 Å². The highest BCUT2D eigenvalue weighted by molar-refractivity contribution is 6.43.